The normalized spacial score (nSPS) is 10.7. The van der Waals surface area contributed by atoms with Gasteiger partial charge in [-0.15, -0.1) is 0 Å². The second kappa shape index (κ2) is 9.64. The second-order valence-corrected chi connectivity index (χ2v) is 5.61. The van der Waals surface area contributed by atoms with Crippen LogP contribution >= 0.6 is 15.9 Å². The molecular formula is C15H24BrN. The van der Waals surface area contributed by atoms with Crippen molar-refractivity contribution in [3.05, 3.63) is 28.5 Å². The van der Waals surface area contributed by atoms with E-state index >= 15 is 0 Å². The third-order valence-electron chi connectivity index (χ3n) is 3.08. The van der Waals surface area contributed by atoms with Gasteiger partial charge in [0.15, 0.2) is 0 Å². The summed E-state index contributed by atoms with van der Waals surface area (Å²) < 4.78 is 1.07. The van der Waals surface area contributed by atoms with Gasteiger partial charge in [0, 0.05) is 16.4 Å². The van der Waals surface area contributed by atoms with E-state index in [1.807, 2.05) is 6.20 Å². The molecule has 0 saturated carbocycles. The Morgan fingerprint density at radius 2 is 1.59 bits per heavy atom. The van der Waals surface area contributed by atoms with Gasteiger partial charge >= 0.3 is 0 Å². The molecule has 1 aromatic heterocycles. The van der Waals surface area contributed by atoms with Gasteiger partial charge < -0.3 is 0 Å². The highest BCUT2D eigenvalue weighted by atomic mass is 79.9. The highest BCUT2D eigenvalue weighted by Crippen LogP contribution is 2.12. The van der Waals surface area contributed by atoms with Gasteiger partial charge in [-0.3, -0.25) is 4.98 Å². The predicted octanol–water partition coefficient (Wildman–Crippen LogP) is 5.53. The smallest absolute Gasteiger partial charge is 0.0413 e. The average molecular weight is 298 g/mol. The molecule has 1 heterocycles. The molecule has 0 aromatic carbocycles. The van der Waals surface area contributed by atoms with Crippen molar-refractivity contribution in [3.63, 3.8) is 0 Å². The van der Waals surface area contributed by atoms with Crippen molar-refractivity contribution in [3.8, 4) is 0 Å². The Morgan fingerprint density at radius 3 is 2.18 bits per heavy atom. The Hall–Kier alpha value is -0.370. The molecular weight excluding hydrogens is 274 g/mol. The van der Waals surface area contributed by atoms with Crippen LogP contribution in [-0.4, -0.2) is 4.98 Å². The molecule has 0 aliphatic rings. The molecule has 0 radical (unpaired) electrons. The van der Waals surface area contributed by atoms with Crippen LogP contribution in [-0.2, 0) is 6.42 Å². The van der Waals surface area contributed by atoms with E-state index in [4.69, 9.17) is 0 Å². The van der Waals surface area contributed by atoms with Gasteiger partial charge in [-0.05, 0) is 40.9 Å². The van der Waals surface area contributed by atoms with E-state index in [1.54, 1.807) is 0 Å². The van der Waals surface area contributed by atoms with Crippen molar-refractivity contribution in [1.29, 1.82) is 0 Å². The van der Waals surface area contributed by atoms with E-state index in [2.05, 4.69) is 40.0 Å². The molecule has 0 fully saturated rings. The lowest BCUT2D eigenvalue weighted by molar-refractivity contribution is 0.574. The fourth-order valence-electron chi connectivity index (χ4n) is 1.99. The number of hydrogen-bond acceptors (Lipinski definition) is 1. The summed E-state index contributed by atoms with van der Waals surface area (Å²) in [5, 5.41) is 0. The van der Waals surface area contributed by atoms with Crippen LogP contribution in [0.5, 0.6) is 0 Å². The number of rotatable bonds is 9. The van der Waals surface area contributed by atoms with Gasteiger partial charge in [-0.2, -0.15) is 0 Å². The summed E-state index contributed by atoms with van der Waals surface area (Å²) in [5.41, 5.74) is 1.22. The monoisotopic (exact) mass is 297 g/mol. The summed E-state index contributed by atoms with van der Waals surface area (Å²) in [6.45, 7) is 2.27. The minimum Gasteiger partial charge on any atom is -0.260 e. The van der Waals surface area contributed by atoms with Crippen molar-refractivity contribution in [2.24, 2.45) is 0 Å². The largest absolute Gasteiger partial charge is 0.260 e. The van der Waals surface area contributed by atoms with Crippen LogP contribution in [0.2, 0.25) is 0 Å². The first-order valence-corrected chi connectivity index (χ1v) is 7.72. The molecule has 0 spiro atoms. The summed E-state index contributed by atoms with van der Waals surface area (Å²) in [7, 11) is 0. The Balaban J connectivity index is 1.95. The minimum absolute atomic E-state index is 1.07. The van der Waals surface area contributed by atoms with Crippen molar-refractivity contribution in [1.82, 2.24) is 4.98 Å². The minimum atomic E-state index is 1.07. The van der Waals surface area contributed by atoms with Gasteiger partial charge in [0.05, 0.1) is 0 Å². The average Bonchev–Trinajstić information content (AvgIpc) is 2.35. The zero-order valence-corrected chi connectivity index (χ0v) is 12.5. The van der Waals surface area contributed by atoms with Crippen molar-refractivity contribution in [2.75, 3.05) is 0 Å². The number of hydrogen-bond donors (Lipinski definition) is 0. The van der Waals surface area contributed by atoms with Crippen LogP contribution in [0, 0.1) is 0 Å². The van der Waals surface area contributed by atoms with Gasteiger partial charge in [0.25, 0.3) is 0 Å². The Morgan fingerprint density at radius 1 is 0.941 bits per heavy atom. The highest BCUT2D eigenvalue weighted by molar-refractivity contribution is 9.10. The predicted molar refractivity (Wildman–Crippen MR) is 78.3 cm³/mol. The maximum absolute atomic E-state index is 4.39. The number of pyridine rings is 1. The van der Waals surface area contributed by atoms with E-state index in [1.165, 1.54) is 57.1 Å². The molecule has 0 unspecified atom stereocenters. The molecule has 0 aliphatic carbocycles. The van der Waals surface area contributed by atoms with Gasteiger partial charge in [0.2, 0.25) is 0 Å². The van der Waals surface area contributed by atoms with Crippen LogP contribution in [0.1, 0.15) is 64.0 Å². The van der Waals surface area contributed by atoms with Crippen LogP contribution in [0.4, 0.5) is 0 Å². The zero-order chi connectivity index (χ0) is 12.3. The molecule has 1 aromatic rings. The van der Waals surface area contributed by atoms with E-state index in [-0.39, 0.29) is 0 Å². The molecule has 0 atom stereocenters. The van der Waals surface area contributed by atoms with Gasteiger partial charge in [-0.25, -0.2) is 0 Å². The quantitative estimate of drug-likeness (QED) is 0.546. The number of nitrogens with zero attached hydrogens (tertiary/aromatic N) is 1. The maximum Gasteiger partial charge on any atom is 0.0413 e. The topological polar surface area (TPSA) is 12.9 Å². The van der Waals surface area contributed by atoms with Crippen LogP contribution in [0.25, 0.3) is 0 Å². The molecule has 0 aliphatic heterocycles. The first-order valence-electron chi connectivity index (χ1n) is 6.93. The van der Waals surface area contributed by atoms with Gasteiger partial charge in [0.1, 0.15) is 0 Å². The van der Waals surface area contributed by atoms with E-state index in [0.29, 0.717) is 0 Å². The summed E-state index contributed by atoms with van der Waals surface area (Å²) in [6.07, 6.45) is 14.0. The molecule has 0 amide bonds. The molecule has 0 N–H and O–H groups in total. The number of halogens is 1. The first kappa shape index (κ1) is 14.7. The first-order chi connectivity index (χ1) is 8.33. The molecule has 1 nitrogen and oxygen atoms in total. The van der Waals surface area contributed by atoms with E-state index in [0.717, 1.165) is 10.9 Å². The van der Waals surface area contributed by atoms with E-state index in [9.17, 15) is 0 Å². The van der Waals surface area contributed by atoms with Crippen molar-refractivity contribution < 1.29 is 0 Å². The lowest BCUT2D eigenvalue weighted by Gasteiger charge is -2.02. The SMILES string of the molecule is CCCCCCCCCCc1ccc(Br)cn1. The van der Waals surface area contributed by atoms with Gasteiger partial charge in [-0.1, -0.05) is 51.9 Å². The third kappa shape index (κ3) is 7.54. The lowest BCUT2D eigenvalue weighted by Crippen LogP contribution is -1.89. The number of aryl methyl sites for hydroxylation is 1. The fraction of sp³-hybridized carbons (Fsp3) is 0.667. The molecule has 0 bridgehead atoms. The second-order valence-electron chi connectivity index (χ2n) is 4.69. The summed E-state index contributed by atoms with van der Waals surface area (Å²) in [4.78, 5) is 4.39. The fourth-order valence-corrected chi connectivity index (χ4v) is 2.23. The van der Waals surface area contributed by atoms with Crippen LogP contribution < -0.4 is 0 Å². The summed E-state index contributed by atoms with van der Waals surface area (Å²) in [6, 6.07) is 4.19. The van der Waals surface area contributed by atoms with E-state index < -0.39 is 0 Å². The molecule has 2 heteroatoms. The van der Waals surface area contributed by atoms with Crippen molar-refractivity contribution >= 4 is 15.9 Å². The van der Waals surface area contributed by atoms with Crippen LogP contribution in [0.15, 0.2) is 22.8 Å². The number of unbranched alkanes of at least 4 members (excludes halogenated alkanes) is 7. The Labute approximate surface area is 114 Å². The van der Waals surface area contributed by atoms with Crippen LogP contribution in [0.3, 0.4) is 0 Å². The van der Waals surface area contributed by atoms with Crippen molar-refractivity contribution in [2.45, 2.75) is 64.7 Å². The molecule has 0 saturated heterocycles. The maximum atomic E-state index is 4.39. The number of aromatic nitrogens is 1. The Bertz CT molecular complexity index is 281. The lowest BCUT2D eigenvalue weighted by atomic mass is 10.1. The summed E-state index contributed by atoms with van der Waals surface area (Å²) in [5.74, 6) is 0. The molecule has 96 valence electrons. The molecule has 1 rings (SSSR count). The zero-order valence-electron chi connectivity index (χ0n) is 10.9. The third-order valence-corrected chi connectivity index (χ3v) is 3.54. The highest BCUT2D eigenvalue weighted by Gasteiger charge is 1.95. The standard InChI is InChI=1S/C15H24BrN/c1-2-3-4-5-6-7-8-9-10-15-12-11-14(16)13-17-15/h11-13H,2-10H2,1H3. The summed E-state index contributed by atoms with van der Waals surface area (Å²) >= 11 is 3.41. The molecule has 17 heavy (non-hydrogen) atoms. The Kier molecular flexibility index (Phi) is 8.33.